The summed E-state index contributed by atoms with van der Waals surface area (Å²) in [7, 11) is 0. The maximum absolute atomic E-state index is 13.6. The summed E-state index contributed by atoms with van der Waals surface area (Å²) in [5.41, 5.74) is 1.03. The van der Waals surface area contributed by atoms with E-state index >= 15 is 0 Å². The van der Waals surface area contributed by atoms with E-state index in [1.54, 1.807) is 24.3 Å². The molecule has 4 rings (SSSR count). The van der Waals surface area contributed by atoms with Crippen molar-refractivity contribution in [2.45, 2.75) is 83.3 Å². The summed E-state index contributed by atoms with van der Waals surface area (Å²) >= 11 is 6.10. The Morgan fingerprint density at radius 2 is 1.81 bits per heavy atom. The van der Waals surface area contributed by atoms with E-state index in [0.717, 1.165) is 32.1 Å². The lowest BCUT2D eigenvalue weighted by molar-refractivity contribution is -0.133. The smallest absolute Gasteiger partial charge is 0.251 e. The standard InChI is InChI=1S/C31H41ClN4O6/c1-18(2)27(36-29(39)22-13-21-14-23(32)8-9-26(21)42-17-22)31(41)35-25(12-19-6-4-3-5-7-19)30(40)34-24(16-37)15-20-10-11-33-28(20)38/h8-9,13-14,16,18-20,24-25,27H,3-7,10-12,15,17H2,1-2H3,(H,33,38)(H,34,40)(H,35,41)(H,36,39)/t20-,24-,25-,27?/m0/s1. The SMILES string of the molecule is CC(C)C(NC(=O)C1=Cc2cc(Cl)ccc2OC1)C(=O)N[C@@H](CC1CCCCC1)C(=O)N[C@H](C=O)C[C@@H]1CCNC1=O. The van der Waals surface area contributed by atoms with Gasteiger partial charge in [-0.1, -0.05) is 57.6 Å². The molecule has 1 aliphatic carbocycles. The van der Waals surface area contributed by atoms with Gasteiger partial charge in [0, 0.05) is 23.0 Å². The third-order valence-corrected chi connectivity index (χ3v) is 8.57. The molecule has 2 heterocycles. The highest BCUT2D eigenvalue weighted by atomic mass is 35.5. The number of hydrogen-bond acceptors (Lipinski definition) is 6. The lowest BCUT2D eigenvalue weighted by Gasteiger charge is -2.30. The second kappa shape index (κ2) is 14.7. The summed E-state index contributed by atoms with van der Waals surface area (Å²) in [6.07, 6.45) is 8.79. The number of hydrogen-bond donors (Lipinski definition) is 4. The molecule has 2 aliphatic heterocycles. The number of rotatable bonds is 12. The normalized spacial score (nSPS) is 20.7. The van der Waals surface area contributed by atoms with Crippen LogP contribution in [0.25, 0.3) is 6.08 Å². The lowest BCUT2D eigenvalue weighted by atomic mass is 9.84. The second-order valence-electron chi connectivity index (χ2n) is 11.9. The average Bonchev–Trinajstić information content (AvgIpc) is 3.38. The lowest BCUT2D eigenvalue weighted by Crippen LogP contribution is -2.57. The molecule has 0 aromatic heterocycles. The number of nitrogens with one attached hydrogen (secondary N) is 4. The first-order chi connectivity index (χ1) is 20.1. The van der Waals surface area contributed by atoms with Gasteiger partial charge in [-0.15, -0.1) is 0 Å². The Labute approximate surface area is 251 Å². The number of ether oxygens (including phenoxy) is 1. The van der Waals surface area contributed by atoms with Gasteiger partial charge in [0.05, 0.1) is 11.6 Å². The summed E-state index contributed by atoms with van der Waals surface area (Å²) in [5, 5.41) is 11.7. The molecule has 1 saturated carbocycles. The van der Waals surface area contributed by atoms with E-state index in [-0.39, 0.29) is 36.7 Å². The molecule has 2 fully saturated rings. The average molecular weight is 601 g/mol. The summed E-state index contributed by atoms with van der Waals surface area (Å²) < 4.78 is 5.70. The Morgan fingerprint density at radius 1 is 1.05 bits per heavy atom. The van der Waals surface area contributed by atoms with Gasteiger partial charge in [0.15, 0.2) is 0 Å². The van der Waals surface area contributed by atoms with Crippen molar-refractivity contribution in [1.29, 1.82) is 0 Å². The van der Waals surface area contributed by atoms with Crippen LogP contribution in [0.1, 0.15) is 70.8 Å². The molecule has 0 spiro atoms. The molecule has 1 aromatic carbocycles. The minimum atomic E-state index is -0.912. The summed E-state index contributed by atoms with van der Waals surface area (Å²) in [5.74, 6) is -1.25. The Kier molecular flexibility index (Phi) is 11.0. The first-order valence-corrected chi connectivity index (χ1v) is 15.3. The molecule has 1 aromatic rings. The van der Waals surface area contributed by atoms with Gasteiger partial charge in [-0.3, -0.25) is 19.2 Å². The molecule has 4 amide bonds. The molecule has 1 unspecified atom stereocenters. The third kappa shape index (κ3) is 8.33. The maximum atomic E-state index is 13.6. The zero-order valence-corrected chi connectivity index (χ0v) is 25.0. The quantitative estimate of drug-likeness (QED) is 0.272. The predicted molar refractivity (Wildman–Crippen MR) is 159 cm³/mol. The van der Waals surface area contributed by atoms with Crippen LogP contribution in [0.5, 0.6) is 5.75 Å². The van der Waals surface area contributed by atoms with Crippen LogP contribution >= 0.6 is 11.6 Å². The van der Waals surface area contributed by atoms with Gasteiger partial charge >= 0.3 is 0 Å². The van der Waals surface area contributed by atoms with Crippen LogP contribution in [0.4, 0.5) is 0 Å². The highest BCUT2D eigenvalue weighted by molar-refractivity contribution is 6.30. The van der Waals surface area contributed by atoms with E-state index in [1.807, 2.05) is 13.8 Å². The second-order valence-corrected chi connectivity index (χ2v) is 12.3. The molecule has 3 aliphatic rings. The van der Waals surface area contributed by atoms with Gasteiger partial charge in [-0.25, -0.2) is 0 Å². The fourth-order valence-electron chi connectivity index (χ4n) is 5.91. The molecular weight excluding hydrogens is 560 g/mol. The summed E-state index contributed by atoms with van der Waals surface area (Å²) in [4.78, 5) is 64.1. The number of fused-ring (bicyclic) bond motifs is 1. The Bertz CT molecular complexity index is 1210. The summed E-state index contributed by atoms with van der Waals surface area (Å²) in [6, 6.07) is 2.52. The van der Waals surface area contributed by atoms with Crippen molar-refractivity contribution in [3.8, 4) is 5.75 Å². The zero-order chi connectivity index (χ0) is 30.2. The molecule has 4 N–H and O–H groups in total. The molecule has 42 heavy (non-hydrogen) atoms. The number of halogens is 1. The van der Waals surface area contributed by atoms with Gasteiger partial charge in [0.1, 0.15) is 30.7 Å². The minimum absolute atomic E-state index is 0.0473. The number of carbonyl (C=O) groups is 5. The zero-order valence-electron chi connectivity index (χ0n) is 24.2. The fraction of sp³-hybridized carbons (Fsp3) is 0.581. The van der Waals surface area contributed by atoms with Crippen LogP contribution in [0.3, 0.4) is 0 Å². The molecule has 0 bridgehead atoms. The molecule has 4 atom stereocenters. The molecule has 0 radical (unpaired) electrons. The van der Waals surface area contributed by atoms with Crippen molar-refractivity contribution in [3.05, 3.63) is 34.4 Å². The number of carbonyl (C=O) groups excluding carboxylic acids is 5. The van der Waals surface area contributed by atoms with Gasteiger partial charge < -0.3 is 30.8 Å². The Balaban J connectivity index is 1.45. The van der Waals surface area contributed by atoms with Crippen molar-refractivity contribution >= 4 is 47.6 Å². The van der Waals surface area contributed by atoms with Gasteiger partial charge in [0.2, 0.25) is 17.7 Å². The van der Waals surface area contributed by atoms with Gasteiger partial charge in [0.25, 0.3) is 5.91 Å². The van der Waals surface area contributed by atoms with Crippen LogP contribution < -0.4 is 26.0 Å². The first-order valence-electron chi connectivity index (χ1n) is 14.9. The number of amides is 4. The highest BCUT2D eigenvalue weighted by Gasteiger charge is 2.34. The Morgan fingerprint density at radius 3 is 2.48 bits per heavy atom. The van der Waals surface area contributed by atoms with Crippen molar-refractivity contribution in [2.24, 2.45) is 17.8 Å². The first kappa shape index (κ1) is 31.5. The molecule has 11 heteroatoms. The van der Waals surface area contributed by atoms with E-state index < -0.39 is 35.8 Å². The maximum Gasteiger partial charge on any atom is 0.251 e. The van der Waals surface area contributed by atoms with Crippen LogP contribution in [0.15, 0.2) is 23.8 Å². The molecule has 10 nitrogen and oxygen atoms in total. The predicted octanol–water partition coefficient (Wildman–Crippen LogP) is 2.92. The van der Waals surface area contributed by atoms with Crippen molar-refractivity contribution in [3.63, 3.8) is 0 Å². The van der Waals surface area contributed by atoms with Gasteiger partial charge in [-0.05, 0) is 55.4 Å². The van der Waals surface area contributed by atoms with Crippen LogP contribution in [-0.4, -0.2) is 61.2 Å². The largest absolute Gasteiger partial charge is 0.488 e. The van der Waals surface area contributed by atoms with Crippen LogP contribution in [0.2, 0.25) is 5.02 Å². The van der Waals surface area contributed by atoms with E-state index in [1.165, 1.54) is 0 Å². The van der Waals surface area contributed by atoms with Gasteiger partial charge in [-0.2, -0.15) is 0 Å². The van der Waals surface area contributed by atoms with Crippen LogP contribution in [-0.2, 0) is 24.0 Å². The van der Waals surface area contributed by atoms with E-state index in [0.29, 0.717) is 47.6 Å². The van der Waals surface area contributed by atoms with Crippen molar-refractivity contribution in [1.82, 2.24) is 21.3 Å². The van der Waals surface area contributed by atoms with E-state index in [9.17, 15) is 24.0 Å². The molecular formula is C31H41ClN4O6. The third-order valence-electron chi connectivity index (χ3n) is 8.33. The topological polar surface area (TPSA) is 143 Å². The minimum Gasteiger partial charge on any atom is -0.488 e. The molecule has 228 valence electrons. The highest BCUT2D eigenvalue weighted by Crippen LogP contribution is 2.30. The Hall–Kier alpha value is -3.40. The van der Waals surface area contributed by atoms with Crippen LogP contribution in [0, 0.1) is 17.8 Å². The summed E-state index contributed by atoms with van der Waals surface area (Å²) in [6.45, 7) is 4.23. The van der Waals surface area contributed by atoms with E-state index in [2.05, 4.69) is 21.3 Å². The van der Waals surface area contributed by atoms with Crippen molar-refractivity contribution in [2.75, 3.05) is 13.2 Å². The number of aldehydes is 1. The molecule has 1 saturated heterocycles. The monoisotopic (exact) mass is 600 g/mol. The van der Waals surface area contributed by atoms with Crippen molar-refractivity contribution < 1.29 is 28.7 Å². The fourth-order valence-corrected chi connectivity index (χ4v) is 6.09. The number of benzene rings is 1. The van der Waals surface area contributed by atoms with E-state index in [4.69, 9.17) is 16.3 Å².